The fourth-order valence-electron chi connectivity index (χ4n) is 3.32. The van der Waals surface area contributed by atoms with Crippen molar-refractivity contribution >= 4 is 39.9 Å². The number of rotatable bonds is 7. The van der Waals surface area contributed by atoms with Gasteiger partial charge in [0.25, 0.3) is 11.8 Å². The molecule has 0 radical (unpaired) electrons. The third-order valence-electron chi connectivity index (χ3n) is 5.04. The number of nitrogens with zero attached hydrogens (tertiary/aromatic N) is 2. The monoisotopic (exact) mass is 500 g/mol. The maximum Gasteiger partial charge on any atom is 0.333 e. The second-order valence-corrected chi connectivity index (χ2v) is 8.37. The van der Waals surface area contributed by atoms with Crippen LogP contribution in [0.1, 0.15) is 23.6 Å². The lowest BCUT2D eigenvalue weighted by Gasteiger charge is -2.29. The van der Waals surface area contributed by atoms with Gasteiger partial charge in [-0.25, -0.2) is 4.79 Å². The van der Waals surface area contributed by atoms with Crippen molar-refractivity contribution in [3.8, 4) is 11.5 Å². The van der Waals surface area contributed by atoms with Gasteiger partial charge in [0.05, 0.1) is 0 Å². The SMILES string of the molecule is CCc1cc(C)cc(OCCOc2ccc(Br)cc2C=C2C(=O)N(C)C(=O)N(C)C2=O)c1. The summed E-state index contributed by atoms with van der Waals surface area (Å²) >= 11 is 3.40. The van der Waals surface area contributed by atoms with Crippen LogP contribution in [0.15, 0.2) is 46.4 Å². The van der Waals surface area contributed by atoms with Gasteiger partial charge in [-0.05, 0) is 60.9 Å². The van der Waals surface area contributed by atoms with Crippen molar-refractivity contribution in [2.24, 2.45) is 0 Å². The predicted molar refractivity (Wildman–Crippen MR) is 125 cm³/mol. The molecule has 32 heavy (non-hydrogen) atoms. The Kier molecular flexibility index (Phi) is 7.35. The Morgan fingerprint density at radius 1 is 0.938 bits per heavy atom. The van der Waals surface area contributed by atoms with E-state index in [1.54, 1.807) is 18.2 Å². The van der Waals surface area contributed by atoms with Gasteiger partial charge in [-0.3, -0.25) is 19.4 Å². The van der Waals surface area contributed by atoms with E-state index >= 15 is 0 Å². The zero-order valence-electron chi connectivity index (χ0n) is 18.5. The number of amides is 4. The highest BCUT2D eigenvalue weighted by Crippen LogP contribution is 2.27. The van der Waals surface area contributed by atoms with E-state index in [0.29, 0.717) is 17.9 Å². The van der Waals surface area contributed by atoms with Gasteiger partial charge in [0.15, 0.2) is 0 Å². The van der Waals surface area contributed by atoms with Crippen LogP contribution in [-0.2, 0) is 16.0 Å². The lowest BCUT2D eigenvalue weighted by molar-refractivity contribution is -0.134. The van der Waals surface area contributed by atoms with E-state index < -0.39 is 17.8 Å². The van der Waals surface area contributed by atoms with Gasteiger partial charge in [-0.2, -0.15) is 0 Å². The average Bonchev–Trinajstić information content (AvgIpc) is 2.77. The van der Waals surface area contributed by atoms with E-state index in [9.17, 15) is 14.4 Å². The summed E-state index contributed by atoms with van der Waals surface area (Å²) in [5.74, 6) is -0.0274. The van der Waals surface area contributed by atoms with Crippen molar-refractivity contribution in [1.82, 2.24) is 9.80 Å². The Morgan fingerprint density at radius 2 is 1.59 bits per heavy atom. The molecule has 1 aliphatic rings. The molecule has 0 aromatic heterocycles. The van der Waals surface area contributed by atoms with Crippen LogP contribution >= 0.6 is 15.9 Å². The maximum absolute atomic E-state index is 12.5. The van der Waals surface area contributed by atoms with E-state index in [1.165, 1.54) is 25.7 Å². The molecule has 1 saturated heterocycles. The number of halogens is 1. The minimum Gasteiger partial charge on any atom is -0.490 e. The smallest absolute Gasteiger partial charge is 0.333 e. The number of hydrogen-bond acceptors (Lipinski definition) is 5. The van der Waals surface area contributed by atoms with Crippen LogP contribution in [0.25, 0.3) is 6.08 Å². The standard InChI is InChI=1S/C24H25BrN2O5/c1-5-16-10-15(2)11-19(12-16)31-8-9-32-21-7-6-18(25)13-17(21)14-20-22(28)26(3)24(30)27(4)23(20)29/h6-7,10-14H,5,8-9H2,1-4H3. The molecule has 2 aromatic rings. The third kappa shape index (κ3) is 5.19. The van der Waals surface area contributed by atoms with Crippen LogP contribution in [0, 0.1) is 6.92 Å². The van der Waals surface area contributed by atoms with E-state index in [1.807, 2.05) is 19.1 Å². The highest BCUT2D eigenvalue weighted by atomic mass is 79.9. The van der Waals surface area contributed by atoms with Gasteiger partial charge in [0, 0.05) is 24.1 Å². The summed E-state index contributed by atoms with van der Waals surface area (Å²) in [4.78, 5) is 38.8. The Labute approximate surface area is 195 Å². The maximum atomic E-state index is 12.5. The molecule has 1 aliphatic heterocycles. The van der Waals surface area contributed by atoms with E-state index in [-0.39, 0.29) is 12.2 Å². The Bertz CT molecular complexity index is 1070. The summed E-state index contributed by atoms with van der Waals surface area (Å²) in [6, 6.07) is 10.7. The van der Waals surface area contributed by atoms with Crippen molar-refractivity contribution in [1.29, 1.82) is 0 Å². The van der Waals surface area contributed by atoms with Crippen LogP contribution < -0.4 is 9.47 Å². The first-order valence-corrected chi connectivity index (χ1v) is 11.0. The Hall–Kier alpha value is -3.13. The molecule has 0 saturated carbocycles. The van der Waals surface area contributed by atoms with Gasteiger partial charge >= 0.3 is 6.03 Å². The molecule has 1 heterocycles. The molecule has 3 rings (SSSR count). The lowest BCUT2D eigenvalue weighted by atomic mass is 10.1. The molecule has 0 unspecified atom stereocenters. The molecule has 0 bridgehead atoms. The topological polar surface area (TPSA) is 76.2 Å². The first-order valence-electron chi connectivity index (χ1n) is 10.2. The lowest BCUT2D eigenvalue weighted by Crippen LogP contribution is -2.52. The molecular weight excluding hydrogens is 476 g/mol. The summed E-state index contributed by atoms with van der Waals surface area (Å²) in [5.41, 5.74) is 2.77. The zero-order valence-corrected chi connectivity index (χ0v) is 20.1. The van der Waals surface area contributed by atoms with Crippen LogP contribution in [-0.4, -0.2) is 55.0 Å². The minimum absolute atomic E-state index is 0.111. The molecule has 0 N–H and O–H groups in total. The fraction of sp³-hybridized carbons (Fsp3) is 0.292. The van der Waals surface area contributed by atoms with Gasteiger partial charge in [0.2, 0.25) is 0 Å². The van der Waals surface area contributed by atoms with Gasteiger partial charge < -0.3 is 9.47 Å². The van der Waals surface area contributed by atoms with Gasteiger partial charge in [-0.1, -0.05) is 28.9 Å². The normalized spacial score (nSPS) is 14.2. The highest BCUT2D eigenvalue weighted by Gasteiger charge is 2.37. The van der Waals surface area contributed by atoms with Crippen LogP contribution in [0.2, 0.25) is 0 Å². The zero-order chi connectivity index (χ0) is 23.4. The number of likely N-dealkylation sites (N-methyl/N-ethyl adjacent to an activating group) is 2. The summed E-state index contributed by atoms with van der Waals surface area (Å²) in [6.45, 7) is 4.72. The molecule has 0 atom stereocenters. The quantitative estimate of drug-likeness (QED) is 0.323. The number of carbonyl (C=O) groups is 3. The van der Waals surface area contributed by atoms with Crippen molar-refractivity contribution in [2.75, 3.05) is 27.3 Å². The number of hydrogen-bond donors (Lipinski definition) is 0. The van der Waals surface area contributed by atoms with Gasteiger partial charge in [0.1, 0.15) is 30.3 Å². The summed E-state index contributed by atoms with van der Waals surface area (Å²) in [6.07, 6.45) is 2.37. The van der Waals surface area contributed by atoms with E-state index in [2.05, 4.69) is 28.9 Å². The van der Waals surface area contributed by atoms with Crippen molar-refractivity contribution in [2.45, 2.75) is 20.3 Å². The fourth-order valence-corrected chi connectivity index (χ4v) is 3.70. The number of ether oxygens (including phenoxy) is 2. The molecule has 8 heteroatoms. The Morgan fingerprint density at radius 3 is 2.25 bits per heavy atom. The number of benzene rings is 2. The highest BCUT2D eigenvalue weighted by molar-refractivity contribution is 9.10. The second-order valence-electron chi connectivity index (χ2n) is 7.46. The third-order valence-corrected chi connectivity index (χ3v) is 5.54. The summed E-state index contributed by atoms with van der Waals surface area (Å²) < 4.78 is 12.5. The molecule has 1 fully saturated rings. The van der Waals surface area contributed by atoms with Crippen LogP contribution in [0.3, 0.4) is 0 Å². The number of carbonyl (C=O) groups excluding carboxylic acids is 3. The molecular formula is C24H25BrN2O5. The Balaban J connectivity index is 1.75. The summed E-state index contributed by atoms with van der Waals surface area (Å²) in [7, 11) is 2.68. The average molecular weight is 501 g/mol. The van der Waals surface area contributed by atoms with E-state index in [4.69, 9.17) is 9.47 Å². The van der Waals surface area contributed by atoms with E-state index in [0.717, 1.165) is 32.0 Å². The van der Waals surface area contributed by atoms with Crippen molar-refractivity contribution in [3.63, 3.8) is 0 Å². The number of imide groups is 2. The van der Waals surface area contributed by atoms with Gasteiger partial charge in [-0.15, -0.1) is 0 Å². The molecule has 7 nitrogen and oxygen atoms in total. The molecule has 0 aliphatic carbocycles. The molecule has 168 valence electrons. The number of barbiturate groups is 1. The summed E-state index contributed by atoms with van der Waals surface area (Å²) in [5, 5.41) is 0. The van der Waals surface area contributed by atoms with Crippen LogP contribution in [0.4, 0.5) is 4.79 Å². The number of urea groups is 1. The molecule has 2 aromatic carbocycles. The first kappa shape index (κ1) is 23.5. The van der Waals surface area contributed by atoms with Crippen molar-refractivity contribution in [3.05, 3.63) is 63.1 Å². The largest absolute Gasteiger partial charge is 0.490 e. The minimum atomic E-state index is -0.664. The second kappa shape index (κ2) is 9.99. The van der Waals surface area contributed by atoms with Crippen LogP contribution in [0.5, 0.6) is 11.5 Å². The number of aryl methyl sites for hydroxylation is 2. The predicted octanol–water partition coefficient (Wildman–Crippen LogP) is 4.21. The first-order chi connectivity index (χ1) is 15.2. The molecule has 0 spiro atoms. The molecule has 4 amide bonds. The van der Waals surface area contributed by atoms with Crippen molar-refractivity contribution < 1.29 is 23.9 Å².